The fourth-order valence-electron chi connectivity index (χ4n) is 2.50. The number of benzene rings is 1. The lowest BCUT2D eigenvalue weighted by atomic mass is 10.1. The van der Waals surface area contributed by atoms with Gasteiger partial charge in [0, 0.05) is 41.9 Å². The maximum Gasteiger partial charge on any atom is 0.269 e. The Balaban J connectivity index is 1.90. The van der Waals surface area contributed by atoms with Gasteiger partial charge in [0.15, 0.2) is 11.0 Å². The van der Waals surface area contributed by atoms with Crippen molar-refractivity contribution in [1.29, 1.82) is 0 Å². The van der Waals surface area contributed by atoms with Gasteiger partial charge in [-0.25, -0.2) is 0 Å². The quantitative estimate of drug-likeness (QED) is 0.268. The van der Waals surface area contributed by atoms with Crippen LogP contribution in [-0.4, -0.2) is 24.7 Å². The molecule has 0 saturated carbocycles. The topological polar surface area (TPSA) is 86.7 Å². The Hall–Kier alpha value is -3.00. The lowest BCUT2D eigenvalue weighted by Crippen LogP contribution is -2.02. The molecule has 2 heterocycles. The molecule has 0 saturated heterocycles. The van der Waals surface area contributed by atoms with E-state index in [9.17, 15) is 10.1 Å². The molecule has 0 spiro atoms. The molecule has 2 aromatic heterocycles. The Kier molecular flexibility index (Phi) is 5.43. The molecule has 8 heteroatoms. The molecular formula is C18H17N5O2S. The maximum absolute atomic E-state index is 11.0. The van der Waals surface area contributed by atoms with Gasteiger partial charge in [-0.2, -0.15) is 0 Å². The van der Waals surface area contributed by atoms with Gasteiger partial charge in [0.25, 0.3) is 5.69 Å². The first kappa shape index (κ1) is 17.8. The zero-order valence-corrected chi connectivity index (χ0v) is 15.0. The number of non-ortho nitro benzene ring substituents is 1. The highest BCUT2D eigenvalue weighted by Crippen LogP contribution is 2.36. The number of nitrogens with zero attached hydrogens (tertiary/aromatic N) is 5. The van der Waals surface area contributed by atoms with E-state index >= 15 is 0 Å². The molecule has 0 bridgehead atoms. The highest BCUT2D eigenvalue weighted by Gasteiger charge is 2.18. The molecule has 7 nitrogen and oxygen atoms in total. The molecule has 0 fully saturated rings. The molecule has 26 heavy (non-hydrogen) atoms. The van der Waals surface area contributed by atoms with Crippen LogP contribution in [0.2, 0.25) is 0 Å². The van der Waals surface area contributed by atoms with E-state index < -0.39 is 0 Å². The normalized spacial score (nSPS) is 11.9. The number of hydrogen-bond donors (Lipinski definition) is 0. The smallest absolute Gasteiger partial charge is 0.269 e. The molecule has 0 aliphatic rings. The molecule has 1 aromatic carbocycles. The van der Waals surface area contributed by atoms with Crippen molar-refractivity contribution in [2.24, 2.45) is 0 Å². The second-order valence-corrected chi connectivity index (χ2v) is 6.86. The van der Waals surface area contributed by atoms with Crippen LogP contribution in [0.1, 0.15) is 17.7 Å². The van der Waals surface area contributed by atoms with Crippen LogP contribution in [0.5, 0.6) is 0 Å². The third-order valence-corrected chi connectivity index (χ3v) is 4.94. The van der Waals surface area contributed by atoms with Crippen molar-refractivity contribution in [3.8, 4) is 11.4 Å². The Labute approximate surface area is 155 Å². The fraction of sp³-hybridized carbons (Fsp3) is 0.167. The van der Waals surface area contributed by atoms with Crippen LogP contribution in [0, 0.1) is 10.1 Å². The molecule has 0 amide bonds. The van der Waals surface area contributed by atoms with Gasteiger partial charge in [-0.05, 0) is 24.6 Å². The largest absolute Gasteiger partial charge is 0.298 e. The van der Waals surface area contributed by atoms with E-state index in [2.05, 4.69) is 21.8 Å². The first-order valence-electron chi connectivity index (χ1n) is 7.95. The highest BCUT2D eigenvalue weighted by atomic mass is 32.2. The van der Waals surface area contributed by atoms with Crippen molar-refractivity contribution in [3.05, 3.63) is 77.1 Å². The van der Waals surface area contributed by atoms with Crippen LogP contribution in [-0.2, 0) is 6.54 Å². The first-order valence-corrected chi connectivity index (χ1v) is 8.83. The van der Waals surface area contributed by atoms with Crippen molar-refractivity contribution in [1.82, 2.24) is 19.7 Å². The van der Waals surface area contributed by atoms with Gasteiger partial charge in [-0.1, -0.05) is 30.0 Å². The average Bonchev–Trinajstić information content (AvgIpc) is 3.05. The number of hydrogen-bond acceptors (Lipinski definition) is 6. The lowest BCUT2D eigenvalue weighted by molar-refractivity contribution is -0.384. The van der Waals surface area contributed by atoms with Crippen molar-refractivity contribution in [3.63, 3.8) is 0 Å². The van der Waals surface area contributed by atoms with E-state index in [0.29, 0.717) is 6.54 Å². The van der Waals surface area contributed by atoms with Gasteiger partial charge in [0.2, 0.25) is 0 Å². The zero-order chi connectivity index (χ0) is 18.5. The average molecular weight is 367 g/mol. The van der Waals surface area contributed by atoms with Crippen LogP contribution in [0.4, 0.5) is 5.69 Å². The number of nitro groups is 1. The number of pyridine rings is 1. The summed E-state index contributed by atoms with van der Waals surface area (Å²) in [5.41, 5.74) is 1.87. The van der Waals surface area contributed by atoms with Crippen LogP contribution >= 0.6 is 11.8 Å². The van der Waals surface area contributed by atoms with Crippen LogP contribution in [0.15, 0.2) is 66.6 Å². The van der Waals surface area contributed by atoms with E-state index in [0.717, 1.165) is 22.1 Å². The predicted molar refractivity (Wildman–Crippen MR) is 101 cm³/mol. The molecule has 1 unspecified atom stereocenters. The van der Waals surface area contributed by atoms with Gasteiger partial charge in [-0.3, -0.25) is 19.7 Å². The van der Waals surface area contributed by atoms with Crippen LogP contribution < -0.4 is 0 Å². The van der Waals surface area contributed by atoms with Gasteiger partial charge in [0.05, 0.1) is 4.92 Å². The monoisotopic (exact) mass is 367 g/mol. The first-order chi connectivity index (χ1) is 12.6. The van der Waals surface area contributed by atoms with Crippen molar-refractivity contribution >= 4 is 17.4 Å². The van der Waals surface area contributed by atoms with E-state index in [4.69, 9.17) is 0 Å². The van der Waals surface area contributed by atoms with Gasteiger partial charge < -0.3 is 0 Å². The lowest BCUT2D eigenvalue weighted by Gasteiger charge is -2.12. The van der Waals surface area contributed by atoms with Gasteiger partial charge in [0.1, 0.15) is 0 Å². The number of thioether (sulfide) groups is 1. The van der Waals surface area contributed by atoms with Crippen molar-refractivity contribution < 1.29 is 4.92 Å². The third-order valence-electron chi connectivity index (χ3n) is 3.80. The Morgan fingerprint density at radius 3 is 2.77 bits per heavy atom. The summed E-state index contributed by atoms with van der Waals surface area (Å²) in [4.78, 5) is 14.6. The van der Waals surface area contributed by atoms with Gasteiger partial charge >= 0.3 is 0 Å². The van der Waals surface area contributed by atoms with E-state index in [1.165, 1.54) is 17.8 Å². The van der Waals surface area contributed by atoms with E-state index in [-0.39, 0.29) is 15.9 Å². The SMILES string of the molecule is C=CCn1c(SC(C)c2cccc([N+](=O)[O-])c2)nnc1-c1ccncc1. The number of rotatable bonds is 7. The number of allylic oxidation sites excluding steroid dienone is 1. The van der Waals surface area contributed by atoms with Crippen LogP contribution in [0.3, 0.4) is 0 Å². The fourth-order valence-corrected chi connectivity index (χ4v) is 3.48. The zero-order valence-electron chi connectivity index (χ0n) is 14.1. The standard InChI is InChI=1S/C18H17N5O2S/c1-3-11-22-17(14-7-9-19-10-8-14)20-21-18(22)26-13(2)15-5-4-6-16(12-15)23(24)25/h3-10,12-13H,1,11H2,2H3. The summed E-state index contributed by atoms with van der Waals surface area (Å²) in [7, 11) is 0. The molecule has 0 N–H and O–H groups in total. The van der Waals surface area contributed by atoms with Crippen molar-refractivity contribution in [2.45, 2.75) is 23.9 Å². The molecule has 0 radical (unpaired) electrons. The summed E-state index contributed by atoms with van der Waals surface area (Å²) in [6.45, 7) is 6.36. The van der Waals surface area contributed by atoms with Gasteiger partial charge in [-0.15, -0.1) is 16.8 Å². The molecule has 132 valence electrons. The summed E-state index contributed by atoms with van der Waals surface area (Å²) < 4.78 is 1.97. The highest BCUT2D eigenvalue weighted by molar-refractivity contribution is 7.99. The Morgan fingerprint density at radius 1 is 1.31 bits per heavy atom. The summed E-state index contributed by atoms with van der Waals surface area (Å²) in [5, 5.41) is 20.3. The second kappa shape index (κ2) is 7.92. The summed E-state index contributed by atoms with van der Waals surface area (Å²) >= 11 is 1.50. The predicted octanol–water partition coefficient (Wildman–Crippen LogP) is 4.29. The van der Waals surface area contributed by atoms with E-state index in [1.54, 1.807) is 30.6 Å². The molecule has 1 atom stereocenters. The summed E-state index contributed by atoms with van der Waals surface area (Å²) in [6, 6.07) is 10.4. The second-order valence-electron chi connectivity index (χ2n) is 5.55. The molecule has 0 aliphatic heterocycles. The number of nitro benzene ring substituents is 1. The maximum atomic E-state index is 11.0. The Morgan fingerprint density at radius 2 is 2.08 bits per heavy atom. The minimum atomic E-state index is -0.386. The van der Waals surface area contributed by atoms with Crippen LogP contribution in [0.25, 0.3) is 11.4 Å². The Bertz CT molecular complexity index is 926. The molecular weight excluding hydrogens is 350 g/mol. The summed E-state index contributed by atoms with van der Waals surface area (Å²) in [6.07, 6.45) is 5.21. The van der Waals surface area contributed by atoms with E-state index in [1.807, 2.05) is 29.7 Å². The minimum Gasteiger partial charge on any atom is -0.298 e. The molecule has 3 rings (SSSR count). The van der Waals surface area contributed by atoms with Crippen molar-refractivity contribution in [2.75, 3.05) is 0 Å². The summed E-state index contributed by atoms with van der Waals surface area (Å²) in [5.74, 6) is 0.737. The third kappa shape index (κ3) is 3.80. The number of aromatic nitrogens is 4. The minimum absolute atomic E-state index is 0.0204. The molecule has 3 aromatic rings. The molecule has 0 aliphatic carbocycles.